The number of carbonyl (C=O) groups is 1. The van der Waals surface area contributed by atoms with Crippen molar-refractivity contribution in [1.29, 1.82) is 0 Å². The molecular formula is C10H20ClNO2. The predicted octanol–water partition coefficient (Wildman–Crippen LogP) is -2.97. The lowest BCUT2D eigenvalue weighted by Gasteiger charge is -2.17. The number of nitrogens with one attached hydrogen (secondary N) is 1. The number of carbonyl (C=O) groups excluding carboxylic acids is 1. The van der Waals surface area contributed by atoms with Crippen molar-refractivity contribution < 1.29 is 26.8 Å². The third kappa shape index (κ3) is 8.08. The first-order valence-electron chi connectivity index (χ1n) is 4.72. The van der Waals surface area contributed by atoms with Crippen LogP contribution in [0.5, 0.6) is 0 Å². The summed E-state index contributed by atoms with van der Waals surface area (Å²) in [4.78, 5) is 12.2. The molecule has 1 atom stereocenters. The van der Waals surface area contributed by atoms with Crippen molar-refractivity contribution in [1.82, 2.24) is 0 Å². The van der Waals surface area contributed by atoms with Crippen LogP contribution in [0.1, 0.15) is 19.8 Å². The highest BCUT2D eigenvalue weighted by atomic mass is 35.5. The molecule has 0 amide bonds. The number of hydrogen-bond donors (Lipinski definition) is 1. The van der Waals surface area contributed by atoms with E-state index >= 15 is 0 Å². The summed E-state index contributed by atoms with van der Waals surface area (Å²) in [5.74, 6) is -0.320. The summed E-state index contributed by atoms with van der Waals surface area (Å²) in [6.45, 7) is 6.31. The maximum atomic E-state index is 10.9. The maximum absolute atomic E-state index is 10.9. The zero-order valence-corrected chi connectivity index (χ0v) is 9.93. The molecule has 0 spiro atoms. The molecule has 0 heterocycles. The molecule has 14 heavy (non-hydrogen) atoms. The number of hydrogen-bond acceptors (Lipinski definition) is 2. The molecule has 1 N–H and O–H groups in total. The molecule has 0 saturated carbocycles. The molecule has 0 aliphatic carbocycles. The quantitative estimate of drug-likeness (QED) is 0.384. The fourth-order valence-corrected chi connectivity index (χ4v) is 1.19. The van der Waals surface area contributed by atoms with E-state index in [4.69, 9.17) is 4.74 Å². The smallest absolute Gasteiger partial charge is 0.330 e. The van der Waals surface area contributed by atoms with E-state index in [1.54, 1.807) is 0 Å². The minimum Gasteiger partial charge on any atom is -1.00 e. The van der Waals surface area contributed by atoms with Crippen LogP contribution in [0.4, 0.5) is 0 Å². The van der Waals surface area contributed by atoms with Gasteiger partial charge in [0.25, 0.3) is 0 Å². The lowest BCUT2D eigenvalue weighted by atomic mass is 10.2. The average molecular weight is 222 g/mol. The summed E-state index contributed by atoms with van der Waals surface area (Å²) in [6.07, 6.45) is 3.20. The molecule has 0 aromatic carbocycles. The molecule has 0 radical (unpaired) electrons. The van der Waals surface area contributed by atoms with Crippen molar-refractivity contribution >= 4 is 5.97 Å². The van der Waals surface area contributed by atoms with Crippen LogP contribution in [0.3, 0.4) is 0 Å². The van der Waals surface area contributed by atoms with Gasteiger partial charge in [-0.05, 0) is 6.42 Å². The SMILES string of the molecule is C=CC(=O)OC(CCC)C[NH+](C)C.[Cl-]. The van der Waals surface area contributed by atoms with Crippen LogP contribution in [0.2, 0.25) is 0 Å². The summed E-state index contributed by atoms with van der Waals surface area (Å²) >= 11 is 0. The van der Waals surface area contributed by atoms with Crippen LogP contribution in [0, 0.1) is 0 Å². The van der Waals surface area contributed by atoms with Crippen molar-refractivity contribution in [2.75, 3.05) is 20.6 Å². The minimum absolute atomic E-state index is 0. The van der Waals surface area contributed by atoms with E-state index in [1.807, 2.05) is 14.1 Å². The van der Waals surface area contributed by atoms with Crippen molar-refractivity contribution in [3.63, 3.8) is 0 Å². The Morgan fingerprint density at radius 3 is 2.50 bits per heavy atom. The van der Waals surface area contributed by atoms with E-state index in [0.29, 0.717) is 0 Å². The first-order chi connectivity index (χ1) is 6.10. The summed E-state index contributed by atoms with van der Waals surface area (Å²) < 4.78 is 5.17. The lowest BCUT2D eigenvalue weighted by molar-refractivity contribution is -0.861. The highest BCUT2D eigenvalue weighted by molar-refractivity contribution is 5.81. The van der Waals surface area contributed by atoms with Crippen LogP contribution in [0.25, 0.3) is 0 Å². The Balaban J connectivity index is 0. The molecule has 0 saturated heterocycles. The zero-order valence-electron chi connectivity index (χ0n) is 9.18. The number of ether oxygens (including phenoxy) is 1. The summed E-state index contributed by atoms with van der Waals surface area (Å²) in [7, 11) is 4.09. The molecule has 0 fully saturated rings. The molecule has 0 aliphatic rings. The Labute approximate surface area is 92.5 Å². The monoisotopic (exact) mass is 221 g/mol. The van der Waals surface area contributed by atoms with Gasteiger partial charge in [0, 0.05) is 6.08 Å². The molecule has 0 aromatic rings. The zero-order chi connectivity index (χ0) is 10.3. The van der Waals surface area contributed by atoms with Crippen molar-refractivity contribution in [3.05, 3.63) is 12.7 Å². The summed E-state index contributed by atoms with van der Waals surface area (Å²) in [5.41, 5.74) is 0. The van der Waals surface area contributed by atoms with E-state index < -0.39 is 0 Å². The van der Waals surface area contributed by atoms with Gasteiger partial charge in [0.1, 0.15) is 6.54 Å². The first kappa shape index (κ1) is 15.9. The fraction of sp³-hybridized carbons (Fsp3) is 0.700. The lowest BCUT2D eigenvalue weighted by Crippen LogP contribution is -3.07. The third-order valence-corrected chi connectivity index (χ3v) is 1.70. The minimum atomic E-state index is -0.320. The van der Waals surface area contributed by atoms with Crippen molar-refractivity contribution in [2.45, 2.75) is 25.9 Å². The molecule has 84 valence electrons. The molecule has 1 unspecified atom stereocenters. The molecule has 3 nitrogen and oxygen atoms in total. The molecule has 0 rings (SSSR count). The second-order valence-corrected chi connectivity index (χ2v) is 3.46. The van der Waals surface area contributed by atoms with E-state index in [1.165, 1.54) is 11.0 Å². The molecule has 0 aromatic heterocycles. The van der Waals surface area contributed by atoms with Crippen LogP contribution in [-0.4, -0.2) is 32.7 Å². The Kier molecular flexibility index (Phi) is 10.3. The molecule has 4 heteroatoms. The number of rotatable bonds is 6. The summed E-state index contributed by atoms with van der Waals surface area (Å²) in [5, 5.41) is 0. The number of esters is 1. The standard InChI is InChI=1S/C10H19NO2.ClH/c1-5-7-9(8-11(3)4)13-10(12)6-2;/h6,9H,2,5,7-8H2,1,3-4H3;1H. The van der Waals surface area contributed by atoms with Gasteiger partial charge in [-0.1, -0.05) is 19.9 Å². The Morgan fingerprint density at radius 1 is 1.57 bits per heavy atom. The predicted molar refractivity (Wildman–Crippen MR) is 52.7 cm³/mol. The van der Waals surface area contributed by atoms with E-state index in [0.717, 1.165) is 19.4 Å². The van der Waals surface area contributed by atoms with E-state index in [2.05, 4.69) is 13.5 Å². The largest absolute Gasteiger partial charge is 1.00 e. The summed E-state index contributed by atoms with van der Waals surface area (Å²) in [6, 6.07) is 0. The number of likely N-dealkylation sites (N-methyl/N-ethyl adjacent to an activating group) is 1. The van der Waals surface area contributed by atoms with E-state index in [-0.39, 0.29) is 24.5 Å². The van der Waals surface area contributed by atoms with Crippen LogP contribution in [-0.2, 0) is 9.53 Å². The highest BCUT2D eigenvalue weighted by Gasteiger charge is 2.14. The van der Waals surface area contributed by atoms with Gasteiger partial charge < -0.3 is 22.0 Å². The van der Waals surface area contributed by atoms with E-state index in [9.17, 15) is 4.79 Å². The maximum Gasteiger partial charge on any atom is 0.330 e. The molecule has 0 bridgehead atoms. The van der Waals surface area contributed by atoms with Crippen LogP contribution >= 0.6 is 0 Å². The average Bonchev–Trinajstić information content (AvgIpc) is 2.03. The van der Waals surface area contributed by atoms with Gasteiger partial charge in [-0.25, -0.2) is 4.79 Å². The van der Waals surface area contributed by atoms with Gasteiger partial charge in [0.15, 0.2) is 6.10 Å². The van der Waals surface area contributed by atoms with Gasteiger partial charge in [-0.3, -0.25) is 0 Å². The number of halogens is 1. The van der Waals surface area contributed by atoms with Crippen molar-refractivity contribution in [2.24, 2.45) is 0 Å². The van der Waals surface area contributed by atoms with Gasteiger partial charge in [-0.15, -0.1) is 0 Å². The normalized spacial score (nSPS) is 11.7. The Morgan fingerprint density at radius 2 is 2.14 bits per heavy atom. The first-order valence-corrected chi connectivity index (χ1v) is 4.72. The van der Waals surface area contributed by atoms with Gasteiger partial charge >= 0.3 is 5.97 Å². The fourth-order valence-electron chi connectivity index (χ4n) is 1.19. The topological polar surface area (TPSA) is 30.7 Å². The van der Waals surface area contributed by atoms with Gasteiger partial charge in [-0.2, -0.15) is 0 Å². The second kappa shape index (κ2) is 9.03. The Bertz CT molecular complexity index is 172. The molecule has 0 aliphatic heterocycles. The highest BCUT2D eigenvalue weighted by Crippen LogP contribution is 2.00. The molecular weight excluding hydrogens is 202 g/mol. The van der Waals surface area contributed by atoms with Crippen molar-refractivity contribution in [3.8, 4) is 0 Å². The number of quaternary nitrogens is 1. The van der Waals surface area contributed by atoms with Gasteiger partial charge in [0.05, 0.1) is 14.1 Å². The van der Waals surface area contributed by atoms with Crippen LogP contribution < -0.4 is 17.3 Å². The van der Waals surface area contributed by atoms with Gasteiger partial charge in [0.2, 0.25) is 0 Å². The third-order valence-electron chi connectivity index (χ3n) is 1.70. The Hall–Kier alpha value is -0.540. The van der Waals surface area contributed by atoms with Crippen LogP contribution in [0.15, 0.2) is 12.7 Å². The second-order valence-electron chi connectivity index (χ2n) is 3.46.